The Bertz CT molecular complexity index is 7300. The van der Waals surface area contributed by atoms with E-state index in [1.54, 1.807) is 71.5 Å². The van der Waals surface area contributed by atoms with Crippen LogP contribution in [0.3, 0.4) is 0 Å². The number of nitrogen functional groups attached to an aromatic ring is 4. The number of ether oxygens (including phenoxy) is 13. The van der Waals surface area contributed by atoms with Crippen LogP contribution in [0.4, 0.5) is 51.8 Å². The number of H-pyrrole nitrogens is 4. The van der Waals surface area contributed by atoms with E-state index in [1.807, 2.05) is 76.2 Å². The number of hydrogen-bond donors (Lipinski definition) is 8. The summed E-state index contributed by atoms with van der Waals surface area (Å²) >= 11 is 0. The molecule has 0 radical (unpaired) electrons. The zero-order chi connectivity index (χ0) is 107. The van der Waals surface area contributed by atoms with Gasteiger partial charge in [-0.2, -0.15) is 19.9 Å². The maximum Gasteiger partial charge on any atom is 0.515 e. The lowest BCUT2D eigenvalue weighted by Gasteiger charge is -2.19. The number of aromatic amines is 4. The number of aryl methyl sites for hydroxylation is 4. The molecule has 4 atom stereocenters. The molecule has 14 rings (SSSR count). The van der Waals surface area contributed by atoms with Crippen LogP contribution in [-0.2, 0) is 154 Å². The van der Waals surface area contributed by atoms with Crippen molar-refractivity contribution < 1.29 is 144 Å². The van der Waals surface area contributed by atoms with Crippen molar-refractivity contribution in [3.05, 3.63) is 262 Å². The Kier molecular flexibility index (Phi) is 42.2. The predicted molar refractivity (Wildman–Crippen MR) is 521 cm³/mol. The summed E-state index contributed by atoms with van der Waals surface area (Å²) in [5.41, 5.74) is 28.4. The summed E-state index contributed by atoms with van der Waals surface area (Å²) in [4.78, 5) is 136. The molecule has 0 spiro atoms. The number of nitrogens with zero attached hydrogens (tertiary/aromatic N) is 12. The van der Waals surface area contributed by atoms with Gasteiger partial charge in [-0.25, -0.2) is 47.9 Å². The number of rotatable bonds is 48. The molecule has 53 nitrogen and oxygen atoms in total. The Labute approximate surface area is 837 Å². The van der Waals surface area contributed by atoms with Crippen LogP contribution in [0.2, 0.25) is 0 Å². The number of carbonyl (C=O) groups is 4. The number of imidazole rings is 4. The number of methoxy groups -OCH3 is 2. The van der Waals surface area contributed by atoms with Crippen molar-refractivity contribution in [2.45, 2.75) is 100 Å². The summed E-state index contributed by atoms with van der Waals surface area (Å²) in [5, 5.41) is 0. The Hall–Kier alpha value is -14.9. The van der Waals surface area contributed by atoms with Crippen molar-refractivity contribution in [1.82, 2.24) is 78.1 Å². The number of nitrogens with one attached hydrogen (secondary N) is 4. The Morgan fingerprint density at radius 2 is 0.669 bits per heavy atom. The normalized spacial score (nSPS) is 12.9. The van der Waals surface area contributed by atoms with Crippen LogP contribution in [0, 0.1) is 39.3 Å². The quantitative estimate of drug-likeness (QED) is 0.00438. The van der Waals surface area contributed by atoms with Crippen LogP contribution in [0.25, 0.3) is 44.7 Å². The number of fused-ring (bicyclic) bond motifs is 4. The van der Waals surface area contributed by atoms with Gasteiger partial charge in [-0.15, -0.1) is 0 Å². The summed E-state index contributed by atoms with van der Waals surface area (Å²) in [6.07, 6.45) is -0.841. The van der Waals surface area contributed by atoms with E-state index in [2.05, 4.69) is 69.3 Å². The highest BCUT2D eigenvalue weighted by Gasteiger charge is 2.32. The molecule has 14 aromatic rings. The third kappa shape index (κ3) is 36.0. The molecule has 0 aliphatic rings. The molecule has 0 fully saturated rings. The maximum atomic E-state index is 13.5. The van der Waals surface area contributed by atoms with Crippen molar-refractivity contribution in [2.24, 2.45) is 0 Å². The van der Waals surface area contributed by atoms with E-state index in [4.69, 9.17) is 111 Å². The molecule has 0 bridgehead atoms. The number of anilines is 4. The summed E-state index contributed by atoms with van der Waals surface area (Å²) in [7, 11) is -13.1. The highest BCUT2D eigenvalue weighted by molar-refractivity contribution is 7.54. The van der Waals surface area contributed by atoms with Gasteiger partial charge in [0.05, 0.1) is 98.5 Å². The van der Waals surface area contributed by atoms with Crippen molar-refractivity contribution in [3.8, 4) is 17.2 Å². The molecule has 0 aliphatic heterocycles. The Morgan fingerprint density at radius 1 is 0.372 bits per heavy atom. The van der Waals surface area contributed by atoms with Crippen LogP contribution < -0.4 is 59.4 Å². The Morgan fingerprint density at radius 3 is 0.980 bits per heavy atom. The summed E-state index contributed by atoms with van der Waals surface area (Å²) in [6.45, 7) is 8.46. The predicted octanol–water partition coefficient (Wildman–Crippen LogP) is 12.5. The van der Waals surface area contributed by atoms with Gasteiger partial charge in [-0.05, 0) is 112 Å². The second-order valence-electron chi connectivity index (χ2n) is 31.2. The van der Waals surface area contributed by atoms with Crippen LogP contribution in [0.5, 0.6) is 17.2 Å². The van der Waals surface area contributed by atoms with Gasteiger partial charge < -0.3 is 121 Å². The summed E-state index contributed by atoms with van der Waals surface area (Å²) in [6, 6.07) is 37.5. The average Bonchev–Trinajstić information content (AvgIpc) is 1.67. The third-order valence-electron chi connectivity index (χ3n) is 19.6. The van der Waals surface area contributed by atoms with E-state index in [0.717, 1.165) is 40.5 Å². The molecule has 0 saturated carbocycles. The van der Waals surface area contributed by atoms with E-state index < -0.39 is 148 Å². The van der Waals surface area contributed by atoms with Gasteiger partial charge in [-0.3, -0.25) is 75.5 Å². The monoisotopic (exact) mass is 2140 g/mol. The van der Waals surface area contributed by atoms with Crippen molar-refractivity contribution in [2.75, 3.05) is 116 Å². The molecule has 0 amide bonds. The van der Waals surface area contributed by atoms with Crippen LogP contribution in [0.15, 0.2) is 184 Å². The standard InChI is InChI=1S/C26H30N5O9P.C25H28N5O8P.C20H25FN5O8P.C18H21FN5O8P/c1-17-4-7-19(8-5-17)13-38-41(34,39-15-37-26(33)40-20-9-6-18(2)21(12-20)35-3)16-36-11-10-31-14-28-22-23(31)29-25(27)30-24(22)32;1-17-3-7-19(8-4-17)13-36-39(33,37-15-35-25(32)38-20-9-5-18(2)6-10-20)16-34-12-11-30-14-27-21-22(30)28-24(26)29-23(21)31;1-13(2)34-20(28)31-11-33-35(29,32-9-14-4-3-5-15(21)8-14)12-30-7-6-26-10-23-16-17(26)24-19(22)25-18(16)27;1-28-18(26)30-10-32-33(27,31-8-12-3-2-4-13(19)7-12)11-29-6-5-24-9-21-14-15(24)22-17(20)23-16(14)25/h4-9,12,14H,10-11,13,15-16H2,1-3H3,(H3,27,29,30,32);3-10,14H,11-13,15-16H2,1-2H3,(H3,26,28,29,31);3-5,8,10,13H,6-7,9,11-12H2,1-2H3,(H3,22,24,25,27);2-4,7,9H,5-6,8,10-11H2,1H3,(H3,20,22,23,25). The fraction of sp³-hybridized carbons (Fsp3) is 0.326. The second-order valence-corrected chi connectivity index (χ2v) is 39.2. The number of carbonyl (C=O) groups excluding carboxylic acids is 4. The topological polar surface area (TPSA) is 689 Å². The number of aromatic nitrogens is 16. The lowest BCUT2D eigenvalue weighted by Crippen LogP contribution is -2.16. The molecule has 0 saturated heterocycles. The number of hydrogen-bond acceptors (Lipinski definition) is 45. The molecule has 4 unspecified atom stereocenters. The first-order valence-electron chi connectivity index (χ1n) is 44.0. The minimum atomic E-state index is -3.95. The molecule has 59 heteroatoms. The third-order valence-corrected chi connectivity index (χ3v) is 25.7. The van der Waals surface area contributed by atoms with Crippen LogP contribution in [-0.4, -0.2) is 202 Å². The van der Waals surface area contributed by atoms with Crippen molar-refractivity contribution in [3.63, 3.8) is 0 Å². The molecule has 12 N–H and O–H groups in total. The fourth-order valence-corrected chi connectivity index (χ4v) is 16.8. The van der Waals surface area contributed by atoms with Gasteiger partial charge in [0.1, 0.15) is 54.3 Å². The summed E-state index contributed by atoms with van der Waals surface area (Å²) < 4.78 is 195. The molecule has 148 heavy (non-hydrogen) atoms. The minimum absolute atomic E-state index is 0.00671. The van der Waals surface area contributed by atoms with Gasteiger partial charge >= 0.3 is 55.0 Å². The first-order chi connectivity index (χ1) is 70.8. The average molecular weight is 2140 g/mol. The molecule has 6 aromatic carbocycles. The van der Waals surface area contributed by atoms with Crippen LogP contribution >= 0.6 is 30.4 Å². The number of nitrogens with two attached hydrogens (primary N) is 4. The lowest BCUT2D eigenvalue weighted by atomic mass is 10.2. The molecule has 792 valence electrons. The Balaban J connectivity index is 0.000000188. The molecular weight excluding hydrogens is 2040 g/mol. The van der Waals surface area contributed by atoms with Gasteiger partial charge in [-0.1, -0.05) is 108 Å². The van der Waals surface area contributed by atoms with Gasteiger partial charge in [0, 0.05) is 32.2 Å². The SMILES string of the molecule is CC(C)OC(=O)OCOP(=O)(COCCn1cnc2c(=O)[nH]c(N)nc21)OCc1cccc(F)c1.COC(=O)OCOP(=O)(COCCn1cnc2c(=O)[nH]c(N)nc21)OCc1cccc(F)c1.COc1cc(OC(=O)OCOP(=O)(COCCn2cnc3c(=O)[nH]c(N)nc32)OCc2ccc(C)cc2)ccc1C.Cc1ccc(COP(=O)(COCCn2cnc3c(=O)[nH]c(N)nc32)OCOC(=O)Oc2ccc(C)cc2)cc1. The zero-order valence-corrected chi connectivity index (χ0v) is 84.1. The molecule has 8 heterocycles. The second kappa shape index (κ2) is 55.0. The highest BCUT2D eigenvalue weighted by Crippen LogP contribution is 2.52. The van der Waals surface area contributed by atoms with E-state index in [1.165, 1.54) is 84.0 Å². The first kappa shape index (κ1) is 113. The van der Waals surface area contributed by atoms with E-state index in [9.17, 15) is 65.4 Å². The van der Waals surface area contributed by atoms with Gasteiger partial charge in [0.2, 0.25) is 51.0 Å². The smallest absolute Gasteiger partial charge is 0.496 e. The minimum Gasteiger partial charge on any atom is -0.496 e. The van der Waals surface area contributed by atoms with Gasteiger partial charge in [0.15, 0.2) is 44.7 Å². The van der Waals surface area contributed by atoms with Crippen molar-refractivity contribution in [1.29, 1.82) is 0 Å². The largest absolute Gasteiger partial charge is 0.515 e. The summed E-state index contributed by atoms with van der Waals surface area (Å²) in [5.74, 6) is -0.174. The van der Waals surface area contributed by atoms with E-state index in [-0.39, 0.29) is 159 Å². The van der Waals surface area contributed by atoms with Crippen molar-refractivity contribution >= 4 is 123 Å². The number of benzene rings is 6. The number of halogens is 2. The molecule has 0 aliphatic carbocycles. The first-order valence-corrected chi connectivity index (χ1v) is 50.9. The van der Waals surface area contributed by atoms with Crippen LogP contribution in [0.1, 0.15) is 58.4 Å². The van der Waals surface area contributed by atoms with E-state index >= 15 is 0 Å². The molecule has 8 aromatic heterocycles. The van der Waals surface area contributed by atoms with Gasteiger partial charge in [0.25, 0.3) is 22.2 Å². The fourth-order valence-electron chi connectivity index (χ4n) is 12.3. The van der Waals surface area contributed by atoms with E-state index in [0.29, 0.717) is 16.9 Å². The maximum absolute atomic E-state index is 13.5. The highest BCUT2D eigenvalue weighted by atomic mass is 31.2. The molecular formula is C89H104F2N20O33P4. The lowest BCUT2D eigenvalue weighted by molar-refractivity contribution is -0.0166. The zero-order valence-electron chi connectivity index (χ0n) is 80.5.